The topological polar surface area (TPSA) is 42.1 Å². The molecule has 0 aliphatic carbocycles. The molecule has 1 amide bonds. The lowest BCUT2D eigenvalue weighted by molar-refractivity contribution is -0.139. The van der Waals surface area contributed by atoms with E-state index < -0.39 is 6.10 Å². The van der Waals surface area contributed by atoms with E-state index in [0.717, 1.165) is 24.0 Å². The first-order valence-electron chi connectivity index (χ1n) is 8.98. The summed E-state index contributed by atoms with van der Waals surface area (Å²) >= 11 is 0. The molecule has 2 aromatic carbocycles. The molecule has 0 spiro atoms. The summed E-state index contributed by atoms with van der Waals surface area (Å²) in [5.74, 6) is 0.0404. The van der Waals surface area contributed by atoms with Gasteiger partial charge in [0.05, 0.1) is 12.6 Å². The highest BCUT2D eigenvalue weighted by atomic mass is 16.6. The molecule has 0 aromatic heterocycles. The van der Waals surface area contributed by atoms with Crippen LogP contribution in [0.4, 0.5) is 0 Å². The second-order valence-corrected chi connectivity index (χ2v) is 6.64. The Kier molecular flexibility index (Phi) is 4.55. The van der Waals surface area contributed by atoms with Gasteiger partial charge in [0.25, 0.3) is 5.91 Å². The number of benzene rings is 2. The lowest BCUT2D eigenvalue weighted by Crippen LogP contribution is -2.40. The van der Waals surface area contributed by atoms with Crippen molar-refractivity contribution in [2.75, 3.05) is 6.61 Å². The first-order chi connectivity index (χ1) is 12.3. The number of hydrogen-bond acceptors (Lipinski definition) is 3. The molecule has 0 N–H and O–H groups in total. The summed E-state index contributed by atoms with van der Waals surface area (Å²) in [7, 11) is 0. The normalized spacial score (nSPS) is 28.1. The van der Waals surface area contributed by atoms with E-state index in [-0.39, 0.29) is 24.3 Å². The van der Waals surface area contributed by atoms with Gasteiger partial charge in [0, 0.05) is 0 Å². The summed E-state index contributed by atoms with van der Waals surface area (Å²) in [6, 6.07) is 20.0. The number of nitrogens with zero attached hydrogens (tertiary/aromatic N) is 1. The van der Waals surface area contributed by atoms with Crippen molar-refractivity contribution in [2.45, 2.75) is 44.2 Å². The fourth-order valence-electron chi connectivity index (χ4n) is 3.60. The molecule has 130 valence electrons. The zero-order valence-corrected chi connectivity index (χ0v) is 14.4. The Morgan fingerprint density at radius 2 is 1.68 bits per heavy atom. The summed E-state index contributed by atoms with van der Waals surface area (Å²) in [6.45, 7) is 2.66. The van der Waals surface area contributed by atoms with Crippen LogP contribution in [0.25, 0.3) is 0 Å². The van der Waals surface area contributed by atoms with Gasteiger partial charge in [0.1, 0.15) is 12.3 Å². The number of carbonyl (C=O) groups excluding carboxylic acids is 1. The molecule has 0 saturated carbocycles. The smallest absolute Gasteiger partial charge is 0.257 e. The first-order valence-corrected chi connectivity index (χ1v) is 8.98. The van der Waals surface area contributed by atoms with Crippen LogP contribution in [-0.2, 0) is 14.3 Å². The molecule has 0 bridgehead atoms. The van der Waals surface area contributed by atoms with E-state index in [1.807, 2.05) is 53.4 Å². The van der Waals surface area contributed by atoms with Gasteiger partial charge in [-0.15, -0.1) is 0 Å². The maximum Gasteiger partial charge on any atom is 0.257 e. The van der Waals surface area contributed by atoms with Crippen LogP contribution in [0.1, 0.15) is 43.0 Å². The molecule has 4 rings (SSSR count). The molecular weight excluding hydrogens is 314 g/mol. The first kappa shape index (κ1) is 16.3. The average Bonchev–Trinajstić information content (AvgIpc) is 3.36. The summed E-state index contributed by atoms with van der Waals surface area (Å²) in [4.78, 5) is 15.1. The van der Waals surface area contributed by atoms with Crippen molar-refractivity contribution >= 4 is 5.91 Å². The highest BCUT2D eigenvalue weighted by Crippen LogP contribution is 2.43. The van der Waals surface area contributed by atoms with Gasteiger partial charge in [0.2, 0.25) is 0 Å². The largest absolute Gasteiger partial charge is 0.356 e. The monoisotopic (exact) mass is 337 g/mol. The van der Waals surface area contributed by atoms with Gasteiger partial charge in [-0.05, 0) is 17.5 Å². The lowest BCUT2D eigenvalue weighted by Gasteiger charge is -2.28. The maximum absolute atomic E-state index is 13.2. The van der Waals surface area contributed by atoms with Crippen molar-refractivity contribution < 1.29 is 14.3 Å². The summed E-state index contributed by atoms with van der Waals surface area (Å²) < 4.78 is 11.7. The van der Waals surface area contributed by atoms with Crippen molar-refractivity contribution in [1.82, 2.24) is 4.90 Å². The Balaban J connectivity index is 1.55. The van der Waals surface area contributed by atoms with E-state index in [0.29, 0.717) is 6.61 Å². The van der Waals surface area contributed by atoms with Crippen LogP contribution in [0.5, 0.6) is 0 Å². The van der Waals surface area contributed by atoms with Crippen LogP contribution in [0.2, 0.25) is 0 Å². The molecule has 4 nitrogen and oxygen atoms in total. The third kappa shape index (κ3) is 3.20. The molecule has 25 heavy (non-hydrogen) atoms. The van der Waals surface area contributed by atoms with Gasteiger partial charge in [0.15, 0.2) is 6.10 Å². The number of carbonyl (C=O) groups is 1. The van der Waals surface area contributed by atoms with Crippen LogP contribution in [0.3, 0.4) is 0 Å². The van der Waals surface area contributed by atoms with Crippen molar-refractivity contribution in [1.29, 1.82) is 0 Å². The third-order valence-corrected chi connectivity index (χ3v) is 4.93. The SMILES string of the molecule is CCC[C@H]1OC[C@@H](c2ccccc2)N1C(=O)[C@@H]1O[C@H]1c1ccccc1. The summed E-state index contributed by atoms with van der Waals surface area (Å²) in [6.07, 6.45) is 1.13. The summed E-state index contributed by atoms with van der Waals surface area (Å²) in [5.41, 5.74) is 2.18. The van der Waals surface area contributed by atoms with Crippen LogP contribution >= 0.6 is 0 Å². The third-order valence-electron chi connectivity index (χ3n) is 4.93. The van der Waals surface area contributed by atoms with E-state index in [2.05, 4.69) is 19.1 Å². The standard InChI is InChI=1S/C21H23NO3/c1-2-9-18-22(17(14-24-18)15-10-5-3-6-11-15)21(23)20-19(25-20)16-12-7-4-8-13-16/h3-8,10-13,17-20H,2,9,14H2,1H3/t17-,18+,19-,20+/m0/s1. The van der Waals surface area contributed by atoms with Gasteiger partial charge in [-0.3, -0.25) is 4.79 Å². The molecule has 2 aromatic rings. The zero-order chi connectivity index (χ0) is 17.2. The minimum atomic E-state index is -0.394. The minimum Gasteiger partial charge on any atom is -0.356 e. The van der Waals surface area contributed by atoms with Gasteiger partial charge in [-0.25, -0.2) is 0 Å². The number of ether oxygens (including phenoxy) is 2. The molecule has 2 aliphatic rings. The van der Waals surface area contributed by atoms with Crippen molar-refractivity contribution in [3.8, 4) is 0 Å². The summed E-state index contributed by atoms with van der Waals surface area (Å²) in [5, 5.41) is 0. The fourth-order valence-corrected chi connectivity index (χ4v) is 3.60. The van der Waals surface area contributed by atoms with Gasteiger partial charge in [-0.1, -0.05) is 74.0 Å². The Morgan fingerprint density at radius 3 is 2.32 bits per heavy atom. The van der Waals surface area contributed by atoms with Crippen LogP contribution in [0, 0.1) is 0 Å². The van der Waals surface area contributed by atoms with Gasteiger partial charge >= 0.3 is 0 Å². The van der Waals surface area contributed by atoms with Gasteiger partial charge < -0.3 is 14.4 Å². The quantitative estimate of drug-likeness (QED) is 0.778. The Morgan fingerprint density at radius 1 is 1.04 bits per heavy atom. The molecule has 2 fully saturated rings. The van der Waals surface area contributed by atoms with E-state index in [4.69, 9.17) is 9.47 Å². The minimum absolute atomic E-state index is 0.0362. The predicted octanol–water partition coefficient (Wildman–Crippen LogP) is 3.85. The Hall–Kier alpha value is -2.17. The van der Waals surface area contributed by atoms with Crippen LogP contribution in [-0.4, -0.2) is 29.7 Å². The second kappa shape index (κ2) is 6.98. The Labute approximate surface area is 148 Å². The van der Waals surface area contributed by atoms with E-state index >= 15 is 0 Å². The van der Waals surface area contributed by atoms with Crippen molar-refractivity contribution in [2.24, 2.45) is 0 Å². The zero-order valence-electron chi connectivity index (χ0n) is 14.4. The second-order valence-electron chi connectivity index (χ2n) is 6.64. The van der Waals surface area contributed by atoms with Gasteiger partial charge in [-0.2, -0.15) is 0 Å². The highest BCUT2D eigenvalue weighted by Gasteiger charge is 2.52. The predicted molar refractivity (Wildman–Crippen MR) is 94.7 cm³/mol. The van der Waals surface area contributed by atoms with E-state index in [1.165, 1.54) is 0 Å². The van der Waals surface area contributed by atoms with Crippen LogP contribution in [0.15, 0.2) is 60.7 Å². The molecule has 0 radical (unpaired) electrons. The molecule has 2 heterocycles. The Bertz CT molecular complexity index is 718. The molecule has 4 atom stereocenters. The van der Waals surface area contributed by atoms with E-state index in [1.54, 1.807) is 0 Å². The molecule has 4 heteroatoms. The molecule has 0 unspecified atom stereocenters. The fraction of sp³-hybridized carbons (Fsp3) is 0.381. The highest BCUT2D eigenvalue weighted by molar-refractivity contribution is 5.85. The lowest BCUT2D eigenvalue weighted by atomic mass is 10.0. The number of rotatable bonds is 5. The van der Waals surface area contributed by atoms with Crippen molar-refractivity contribution in [3.05, 3.63) is 71.8 Å². The number of hydrogen-bond donors (Lipinski definition) is 0. The number of epoxide rings is 1. The van der Waals surface area contributed by atoms with Crippen LogP contribution < -0.4 is 0 Å². The molecule has 2 aliphatic heterocycles. The van der Waals surface area contributed by atoms with Crippen molar-refractivity contribution in [3.63, 3.8) is 0 Å². The average molecular weight is 337 g/mol. The van der Waals surface area contributed by atoms with E-state index in [9.17, 15) is 4.79 Å². The number of amides is 1. The maximum atomic E-state index is 13.2. The molecule has 2 saturated heterocycles. The molecular formula is C21H23NO3.